The number of nitro benzene ring substituents is 1. The zero-order valence-electron chi connectivity index (χ0n) is 9.02. The van der Waals surface area contributed by atoms with Gasteiger partial charge in [0.25, 0.3) is 12.1 Å². The van der Waals surface area contributed by atoms with E-state index in [1.54, 1.807) is 0 Å². The van der Waals surface area contributed by atoms with Gasteiger partial charge < -0.3 is 4.74 Å². The highest BCUT2D eigenvalue weighted by atomic mass is 19.3. The fourth-order valence-electron chi connectivity index (χ4n) is 1.31. The third-order valence-corrected chi connectivity index (χ3v) is 2.13. The Bertz CT molecular complexity index is 552. The standard InChI is InChI=1S/C10H6F2N2O4/c1-18-10(15)7-3-6(9(11)12)5(4-13)2-8(7)14(16)17/h2-3,9H,1H3. The van der Waals surface area contributed by atoms with E-state index in [9.17, 15) is 23.7 Å². The van der Waals surface area contributed by atoms with E-state index in [0.29, 0.717) is 12.1 Å². The maximum atomic E-state index is 12.6. The van der Waals surface area contributed by atoms with Crippen molar-refractivity contribution in [2.75, 3.05) is 7.11 Å². The van der Waals surface area contributed by atoms with E-state index >= 15 is 0 Å². The molecule has 0 aliphatic heterocycles. The molecule has 0 fully saturated rings. The molecule has 0 aliphatic carbocycles. The quantitative estimate of drug-likeness (QED) is 0.469. The van der Waals surface area contributed by atoms with E-state index in [1.807, 2.05) is 0 Å². The number of esters is 1. The van der Waals surface area contributed by atoms with E-state index in [4.69, 9.17) is 5.26 Å². The molecular weight excluding hydrogens is 250 g/mol. The van der Waals surface area contributed by atoms with Crippen LogP contribution in [0.3, 0.4) is 0 Å². The van der Waals surface area contributed by atoms with Gasteiger partial charge in [0.15, 0.2) is 0 Å². The number of nitro groups is 1. The van der Waals surface area contributed by atoms with Crippen molar-refractivity contribution in [1.82, 2.24) is 0 Å². The number of hydrogen-bond acceptors (Lipinski definition) is 5. The molecule has 0 bridgehead atoms. The van der Waals surface area contributed by atoms with Crippen LogP contribution in [0.4, 0.5) is 14.5 Å². The Morgan fingerprint density at radius 1 is 1.56 bits per heavy atom. The van der Waals surface area contributed by atoms with E-state index in [-0.39, 0.29) is 0 Å². The second-order valence-corrected chi connectivity index (χ2v) is 3.12. The van der Waals surface area contributed by atoms with E-state index in [2.05, 4.69) is 4.74 Å². The fourth-order valence-corrected chi connectivity index (χ4v) is 1.31. The number of carbonyl (C=O) groups is 1. The Balaban J connectivity index is 3.59. The van der Waals surface area contributed by atoms with Gasteiger partial charge in [-0.3, -0.25) is 10.1 Å². The van der Waals surface area contributed by atoms with Crippen LogP contribution in [0.25, 0.3) is 0 Å². The monoisotopic (exact) mass is 256 g/mol. The Morgan fingerprint density at radius 3 is 2.56 bits per heavy atom. The van der Waals surface area contributed by atoms with Crippen LogP contribution >= 0.6 is 0 Å². The lowest BCUT2D eigenvalue weighted by Crippen LogP contribution is -2.08. The molecular formula is C10H6F2N2O4. The fraction of sp³-hybridized carbons (Fsp3) is 0.200. The molecule has 0 aliphatic rings. The Labute approximate surface area is 99.5 Å². The summed E-state index contributed by atoms with van der Waals surface area (Å²) in [6, 6.07) is 2.66. The second kappa shape index (κ2) is 5.18. The highest BCUT2D eigenvalue weighted by Crippen LogP contribution is 2.30. The lowest BCUT2D eigenvalue weighted by Gasteiger charge is -2.06. The molecule has 1 aromatic carbocycles. The van der Waals surface area contributed by atoms with Gasteiger partial charge in [-0.15, -0.1) is 0 Å². The average molecular weight is 256 g/mol. The minimum Gasteiger partial charge on any atom is -0.465 e. The van der Waals surface area contributed by atoms with E-state index in [1.165, 1.54) is 6.07 Å². The maximum Gasteiger partial charge on any atom is 0.344 e. The first-order valence-electron chi connectivity index (χ1n) is 4.51. The molecule has 6 nitrogen and oxygen atoms in total. The molecule has 0 saturated carbocycles. The van der Waals surface area contributed by atoms with Gasteiger partial charge in [-0.1, -0.05) is 0 Å². The van der Waals surface area contributed by atoms with Gasteiger partial charge in [0.2, 0.25) is 0 Å². The largest absolute Gasteiger partial charge is 0.465 e. The average Bonchev–Trinajstić information content (AvgIpc) is 2.35. The molecule has 18 heavy (non-hydrogen) atoms. The molecule has 1 rings (SSSR count). The molecule has 0 unspecified atom stereocenters. The van der Waals surface area contributed by atoms with E-state index < -0.39 is 39.7 Å². The maximum absolute atomic E-state index is 12.6. The topological polar surface area (TPSA) is 93.2 Å². The zero-order chi connectivity index (χ0) is 13.9. The molecule has 94 valence electrons. The lowest BCUT2D eigenvalue weighted by molar-refractivity contribution is -0.385. The molecule has 0 heterocycles. The summed E-state index contributed by atoms with van der Waals surface area (Å²) in [5, 5.41) is 19.3. The van der Waals surface area contributed by atoms with Crippen molar-refractivity contribution in [3.05, 3.63) is 38.9 Å². The van der Waals surface area contributed by atoms with Crippen LogP contribution in [0.15, 0.2) is 12.1 Å². The van der Waals surface area contributed by atoms with Gasteiger partial charge in [-0.25, -0.2) is 13.6 Å². The molecule has 0 radical (unpaired) electrons. The van der Waals surface area contributed by atoms with Crippen LogP contribution < -0.4 is 0 Å². The number of hydrogen-bond donors (Lipinski definition) is 0. The Hall–Kier alpha value is -2.56. The van der Waals surface area contributed by atoms with Gasteiger partial charge in [-0.05, 0) is 6.07 Å². The molecule has 0 N–H and O–H groups in total. The number of carbonyl (C=O) groups excluding carboxylic acids is 1. The van der Waals surface area contributed by atoms with Gasteiger partial charge in [0.1, 0.15) is 5.56 Å². The van der Waals surface area contributed by atoms with Crippen molar-refractivity contribution >= 4 is 11.7 Å². The normalized spacial score (nSPS) is 9.94. The number of nitriles is 1. The van der Waals surface area contributed by atoms with Crippen molar-refractivity contribution in [2.45, 2.75) is 6.43 Å². The van der Waals surface area contributed by atoms with Crippen LogP contribution in [-0.2, 0) is 4.74 Å². The summed E-state index contributed by atoms with van der Waals surface area (Å²) in [5.74, 6) is -1.12. The molecule has 0 atom stereocenters. The summed E-state index contributed by atoms with van der Waals surface area (Å²) in [6.07, 6.45) is -3.02. The van der Waals surface area contributed by atoms with E-state index in [0.717, 1.165) is 7.11 Å². The van der Waals surface area contributed by atoms with Gasteiger partial charge in [0, 0.05) is 11.6 Å². The molecule has 0 spiro atoms. The highest BCUT2D eigenvalue weighted by Gasteiger charge is 2.26. The lowest BCUT2D eigenvalue weighted by atomic mass is 10.0. The van der Waals surface area contributed by atoms with Gasteiger partial charge in [-0.2, -0.15) is 5.26 Å². The third-order valence-electron chi connectivity index (χ3n) is 2.13. The zero-order valence-corrected chi connectivity index (χ0v) is 9.02. The van der Waals surface area contributed by atoms with Crippen molar-refractivity contribution in [3.8, 4) is 6.07 Å². The SMILES string of the molecule is COC(=O)c1cc(C(F)F)c(C#N)cc1[N+](=O)[O-]. The first-order chi connectivity index (χ1) is 8.42. The second-order valence-electron chi connectivity index (χ2n) is 3.12. The number of nitrogens with zero attached hydrogens (tertiary/aromatic N) is 2. The summed E-state index contributed by atoms with van der Waals surface area (Å²) >= 11 is 0. The summed E-state index contributed by atoms with van der Waals surface area (Å²) in [7, 11) is 0.965. The van der Waals surface area contributed by atoms with Crippen LogP contribution in [0.1, 0.15) is 27.9 Å². The van der Waals surface area contributed by atoms with Crippen LogP contribution in [-0.4, -0.2) is 18.0 Å². The van der Waals surface area contributed by atoms with Crippen molar-refractivity contribution in [2.24, 2.45) is 0 Å². The first-order valence-corrected chi connectivity index (χ1v) is 4.51. The van der Waals surface area contributed by atoms with Crippen molar-refractivity contribution in [1.29, 1.82) is 5.26 Å². The number of rotatable bonds is 3. The minimum atomic E-state index is -3.02. The van der Waals surface area contributed by atoms with Crippen LogP contribution in [0.5, 0.6) is 0 Å². The molecule has 0 amide bonds. The summed E-state index contributed by atoms with van der Waals surface area (Å²) in [5.41, 5.74) is -2.66. The summed E-state index contributed by atoms with van der Waals surface area (Å²) in [6.45, 7) is 0. The number of alkyl halides is 2. The molecule has 0 aromatic heterocycles. The van der Waals surface area contributed by atoms with Crippen LogP contribution in [0.2, 0.25) is 0 Å². The molecule has 8 heteroatoms. The molecule has 0 saturated heterocycles. The van der Waals surface area contributed by atoms with Gasteiger partial charge >= 0.3 is 5.97 Å². The van der Waals surface area contributed by atoms with Crippen molar-refractivity contribution < 1.29 is 23.2 Å². The highest BCUT2D eigenvalue weighted by molar-refractivity contribution is 5.94. The third kappa shape index (κ3) is 2.40. The molecule has 1 aromatic rings. The summed E-state index contributed by atoms with van der Waals surface area (Å²) in [4.78, 5) is 21.0. The summed E-state index contributed by atoms with van der Waals surface area (Å²) < 4.78 is 29.5. The predicted molar refractivity (Wildman–Crippen MR) is 54.1 cm³/mol. The van der Waals surface area contributed by atoms with Crippen molar-refractivity contribution in [3.63, 3.8) is 0 Å². The number of ether oxygens (including phenoxy) is 1. The van der Waals surface area contributed by atoms with Crippen LogP contribution in [0, 0.1) is 21.4 Å². The number of benzene rings is 1. The Morgan fingerprint density at radius 2 is 2.17 bits per heavy atom. The first kappa shape index (κ1) is 13.5. The minimum absolute atomic E-state index is 0.552. The van der Waals surface area contributed by atoms with Gasteiger partial charge in [0.05, 0.1) is 23.7 Å². The smallest absolute Gasteiger partial charge is 0.344 e. The number of halogens is 2. The number of methoxy groups -OCH3 is 1. The predicted octanol–water partition coefficient (Wildman–Crippen LogP) is 2.19. The Kier molecular flexibility index (Phi) is 3.89.